The molecule has 0 radical (unpaired) electrons. The third kappa shape index (κ3) is 3.64. The fourth-order valence-electron chi connectivity index (χ4n) is 2.87. The SMILES string of the molecule is Cn1cnnc1[C@H]1CCCN(C(=O)COc2ccccc2Cl)C1. The van der Waals surface area contributed by atoms with Crippen LogP contribution in [0.15, 0.2) is 30.6 Å². The summed E-state index contributed by atoms with van der Waals surface area (Å²) in [7, 11) is 1.93. The van der Waals surface area contributed by atoms with Crippen LogP contribution in [0, 0.1) is 0 Å². The average molecular weight is 335 g/mol. The van der Waals surface area contributed by atoms with Gasteiger partial charge in [0.05, 0.1) is 5.02 Å². The van der Waals surface area contributed by atoms with Gasteiger partial charge in [0.2, 0.25) is 0 Å². The van der Waals surface area contributed by atoms with Crippen LogP contribution in [-0.2, 0) is 11.8 Å². The van der Waals surface area contributed by atoms with E-state index in [0.29, 0.717) is 17.3 Å². The molecule has 0 unspecified atom stereocenters. The monoisotopic (exact) mass is 334 g/mol. The molecule has 1 aromatic carbocycles. The first kappa shape index (κ1) is 15.8. The molecule has 1 aromatic heterocycles. The van der Waals surface area contributed by atoms with Crippen molar-refractivity contribution in [2.24, 2.45) is 7.05 Å². The van der Waals surface area contributed by atoms with Gasteiger partial charge < -0.3 is 14.2 Å². The number of carbonyl (C=O) groups excluding carboxylic acids is 1. The molecular weight excluding hydrogens is 316 g/mol. The zero-order valence-corrected chi connectivity index (χ0v) is 13.7. The van der Waals surface area contributed by atoms with E-state index in [9.17, 15) is 4.79 Å². The molecule has 2 aromatic rings. The fraction of sp³-hybridized carbons (Fsp3) is 0.438. The van der Waals surface area contributed by atoms with Gasteiger partial charge in [0, 0.05) is 26.1 Å². The first-order valence-corrected chi connectivity index (χ1v) is 8.02. The van der Waals surface area contributed by atoms with Gasteiger partial charge in [0.15, 0.2) is 6.61 Å². The largest absolute Gasteiger partial charge is 0.482 e. The fourth-order valence-corrected chi connectivity index (χ4v) is 3.06. The number of hydrogen-bond donors (Lipinski definition) is 0. The summed E-state index contributed by atoms with van der Waals surface area (Å²) in [4.78, 5) is 14.2. The van der Waals surface area contributed by atoms with Crippen LogP contribution in [0.3, 0.4) is 0 Å². The number of nitrogens with zero attached hydrogens (tertiary/aromatic N) is 4. The molecule has 23 heavy (non-hydrogen) atoms. The van der Waals surface area contributed by atoms with E-state index < -0.39 is 0 Å². The topological polar surface area (TPSA) is 60.2 Å². The number of halogens is 1. The standard InChI is InChI=1S/C16H19ClN4O2/c1-20-11-18-19-16(20)12-5-4-8-21(9-12)15(22)10-23-14-7-3-2-6-13(14)17/h2-3,6-7,11-12H,4-5,8-10H2,1H3/t12-/m0/s1. The lowest BCUT2D eigenvalue weighted by Crippen LogP contribution is -2.42. The Balaban J connectivity index is 1.59. The van der Waals surface area contributed by atoms with Crippen molar-refractivity contribution in [3.63, 3.8) is 0 Å². The van der Waals surface area contributed by atoms with Crippen molar-refractivity contribution in [2.45, 2.75) is 18.8 Å². The van der Waals surface area contributed by atoms with Gasteiger partial charge in [0.1, 0.15) is 17.9 Å². The molecule has 1 amide bonds. The molecule has 2 heterocycles. The number of hydrogen-bond acceptors (Lipinski definition) is 4. The lowest BCUT2D eigenvalue weighted by molar-refractivity contribution is -0.134. The highest BCUT2D eigenvalue weighted by Gasteiger charge is 2.27. The van der Waals surface area contributed by atoms with Gasteiger partial charge in [-0.05, 0) is 25.0 Å². The van der Waals surface area contributed by atoms with Gasteiger partial charge in [-0.15, -0.1) is 10.2 Å². The van der Waals surface area contributed by atoms with Crippen molar-refractivity contribution in [1.82, 2.24) is 19.7 Å². The Labute approximate surface area is 140 Å². The van der Waals surface area contributed by atoms with Crippen molar-refractivity contribution in [3.05, 3.63) is 41.4 Å². The summed E-state index contributed by atoms with van der Waals surface area (Å²) in [5.41, 5.74) is 0. The van der Waals surface area contributed by atoms with Gasteiger partial charge in [-0.25, -0.2) is 0 Å². The van der Waals surface area contributed by atoms with Crippen molar-refractivity contribution in [1.29, 1.82) is 0 Å². The summed E-state index contributed by atoms with van der Waals surface area (Å²) in [5.74, 6) is 1.65. The average Bonchev–Trinajstić information content (AvgIpc) is 3.00. The zero-order chi connectivity index (χ0) is 16.2. The van der Waals surface area contributed by atoms with E-state index in [4.69, 9.17) is 16.3 Å². The second-order valence-corrected chi connectivity index (χ2v) is 6.11. The van der Waals surface area contributed by atoms with E-state index in [0.717, 1.165) is 25.2 Å². The molecule has 0 saturated carbocycles. The Hall–Kier alpha value is -2.08. The van der Waals surface area contributed by atoms with Crippen LogP contribution in [0.5, 0.6) is 5.75 Å². The molecule has 1 atom stereocenters. The van der Waals surface area contributed by atoms with Crippen LogP contribution in [0.1, 0.15) is 24.6 Å². The maximum absolute atomic E-state index is 12.4. The van der Waals surface area contributed by atoms with E-state index in [1.807, 2.05) is 28.6 Å². The number of likely N-dealkylation sites (tertiary alicyclic amines) is 1. The number of benzene rings is 1. The van der Waals surface area contributed by atoms with Crippen molar-refractivity contribution >= 4 is 17.5 Å². The van der Waals surface area contributed by atoms with E-state index in [-0.39, 0.29) is 18.4 Å². The molecule has 1 aliphatic heterocycles. The van der Waals surface area contributed by atoms with Gasteiger partial charge in [-0.1, -0.05) is 23.7 Å². The van der Waals surface area contributed by atoms with Crippen LogP contribution in [-0.4, -0.2) is 45.3 Å². The van der Waals surface area contributed by atoms with E-state index >= 15 is 0 Å². The molecule has 3 rings (SSSR count). The molecule has 0 N–H and O–H groups in total. The number of aromatic nitrogens is 3. The highest BCUT2D eigenvalue weighted by molar-refractivity contribution is 6.32. The summed E-state index contributed by atoms with van der Waals surface area (Å²) in [6.45, 7) is 1.39. The minimum atomic E-state index is -0.0308. The van der Waals surface area contributed by atoms with Crippen molar-refractivity contribution in [2.75, 3.05) is 19.7 Å². The van der Waals surface area contributed by atoms with Crippen LogP contribution in [0.4, 0.5) is 0 Å². The Bertz CT molecular complexity index is 688. The third-order valence-corrected chi connectivity index (χ3v) is 4.39. The van der Waals surface area contributed by atoms with E-state index in [1.54, 1.807) is 18.5 Å². The second kappa shape index (κ2) is 7.00. The van der Waals surface area contributed by atoms with E-state index in [1.165, 1.54) is 0 Å². The van der Waals surface area contributed by atoms with Crippen LogP contribution >= 0.6 is 11.6 Å². The van der Waals surface area contributed by atoms with Crippen molar-refractivity contribution < 1.29 is 9.53 Å². The highest BCUT2D eigenvalue weighted by Crippen LogP contribution is 2.26. The van der Waals surface area contributed by atoms with Crippen LogP contribution in [0.25, 0.3) is 0 Å². The van der Waals surface area contributed by atoms with Gasteiger partial charge >= 0.3 is 0 Å². The lowest BCUT2D eigenvalue weighted by atomic mass is 9.97. The van der Waals surface area contributed by atoms with Gasteiger partial charge in [-0.3, -0.25) is 4.79 Å². The Morgan fingerprint density at radius 2 is 2.26 bits per heavy atom. The Morgan fingerprint density at radius 3 is 3.00 bits per heavy atom. The number of aryl methyl sites for hydroxylation is 1. The number of carbonyl (C=O) groups is 1. The number of ether oxygens (including phenoxy) is 1. The predicted molar refractivity (Wildman–Crippen MR) is 86.5 cm³/mol. The minimum Gasteiger partial charge on any atom is -0.482 e. The molecule has 1 saturated heterocycles. The highest BCUT2D eigenvalue weighted by atomic mass is 35.5. The third-order valence-electron chi connectivity index (χ3n) is 4.07. The van der Waals surface area contributed by atoms with Crippen LogP contribution < -0.4 is 4.74 Å². The first-order valence-electron chi connectivity index (χ1n) is 7.64. The molecule has 6 nitrogen and oxygen atoms in total. The summed E-state index contributed by atoms with van der Waals surface area (Å²) in [6.07, 6.45) is 3.66. The van der Waals surface area contributed by atoms with Gasteiger partial charge in [0.25, 0.3) is 5.91 Å². The molecule has 0 bridgehead atoms. The van der Waals surface area contributed by atoms with Crippen LogP contribution in [0.2, 0.25) is 5.02 Å². The number of amides is 1. The normalized spacial score (nSPS) is 18.0. The summed E-state index contributed by atoms with van der Waals surface area (Å²) < 4.78 is 7.46. The Morgan fingerprint density at radius 1 is 1.43 bits per heavy atom. The number of piperidine rings is 1. The van der Waals surface area contributed by atoms with Gasteiger partial charge in [-0.2, -0.15) is 0 Å². The lowest BCUT2D eigenvalue weighted by Gasteiger charge is -2.32. The molecule has 0 spiro atoms. The second-order valence-electron chi connectivity index (χ2n) is 5.70. The smallest absolute Gasteiger partial charge is 0.260 e. The number of rotatable bonds is 4. The summed E-state index contributed by atoms with van der Waals surface area (Å²) in [6, 6.07) is 7.16. The molecule has 1 fully saturated rings. The molecule has 122 valence electrons. The first-order chi connectivity index (χ1) is 11.1. The Kier molecular flexibility index (Phi) is 4.81. The van der Waals surface area contributed by atoms with E-state index in [2.05, 4.69) is 10.2 Å². The zero-order valence-electron chi connectivity index (χ0n) is 13.0. The predicted octanol–water partition coefficient (Wildman–Crippen LogP) is 2.25. The molecule has 7 heteroatoms. The molecule has 0 aliphatic carbocycles. The van der Waals surface area contributed by atoms with Crippen molar-refractivity contribution in [3.8, 4) is 5.75 Å². The molecular formula is C16H19ClN4O2. The summed E-state index contributed by atoms with van der Waals surface area (Å²) in [5, 5.41) is 8.60. The summed E-state index contributed by atoms with van der Waals surface area (Å²) >= 11 is 6.03. The maximum Gasteiger partial charge on any atom is 0.260 e. The quantitative estimate of drug-likeness (QED) is 0.860. The maximum atomic E-state index is 12.4. The minimum absolute atomic E-state index is 0.00469. The number of para-hydroxylation sites is 1. The molecule has 1 aliphatic rings.